The minimum Gasteiger partial charge on any atom is -0.478 e. The monoisotopic (exact) mass is 366 g/mol. The molecule has 0 amide bonds. The molecule has 0 unspecified atom stereocenters. The van der Waals surface area contributed by atoms with Gasteiger partial charge in [-0.3, -0.25) is 0 Å². The molecule has 8 heteroatoms. The highest BCUT2D eigenvalue weighted by Gasteiger charge is 2.14. The Morgan fingerprint density at radius 3 is 2.54 bits per heavy atom. The molecule has 1 aromatic carbocycles. The summed E-state index contributed by atoms with van der Waals surface area (Å²) in [5.41, 5.74) is 1.30. The second-order valence-electron chi connectivity index (χ2n) is 5.14. The summed E-state index contributed by atoms with van der Waals surface area (Å²) < 4.78 is 0.507. The van der Waals surface area contributed by atoms with Crippen LogP contribution in [0.3, 0.4) is 0 Å². The maximum atomic E-state index is 11.6. The van der Waals surface area contributed by atoms with Gasteiger partial charge >= 0.3 is 5.97 Å². The van der Waals surface area contributed by atoms with Crippen molar-refractivity contribution < 1.29 is 9.90 Å². The molecule has 0 saturated heterocycles. The van der Waals surface area contributed by atoms with E-state index in [1.807, 2.05) is 6.07 Å². The summed E-state index contributed by atoms with van der Waals surface area (Å²) in [5.74, 6) is -1.03. The van der Waals surface area contributed by atoms with Crippen molar-refractivity contribution in [2.75, 3.05) is 18.0 Å². The average Bonchev–Trinajstić information content (AvgIpc) is 2.98. The predicted molar refractivity (Wildman–Crippen MR) is 97.5 cm³/mol. The summed E-state index contributed by atoms with van der Waals surface area (Å²) in [6.07, 6.45) is 3.47. The number of carboxylic acids is 1. The lowest BCUT2D eigenvalue weighted by Crippen LogP contribution is -2.25. The SMILES string of the molecule is CCCN(CCC)c1ccc(N=Nc2ncc(Cl)s2)c(C(=O)O)c1. The zero-order chi connectivity index (χ0) is 17.5. The first-order chi connectivity index (χ1) is 11.5. The van der Waals surface area contributed by atoms with Crippen molar-refractivity contribution in [2.24, 2.45) is 10.2 Å². The van der Waals surface area contributed by atoms with Crippen LogP contribution in [0.4, 0.5) is 16.5 Å². The summed E-state index contributed by atoms with van der Waals surface area (Å²) in [7, 11) is 0. The summed E-state index contributed by atoms with van der Waals surface area (Å²) in [6.45, 7) is 5.96. The fraction of sp³-hybridized carbons (Fsp3) is 0.375. The Bertz CT molecular complexity index is 727. The van der Waals surface area contributed by atoms with E-state index in [9.17, 15) is 9.90 Å². The normalized spacial score (nSPS) is 11.1. The van der Waals surface area contributed by atoms with Gasteiger partial charge in [-0.15, -0.1) is 10.2 Å². The third kappa shape index (κ3) is 4.75. The van der Waals surface area contributed by atoms with Crippen LogP contribution in [0, 0.1) is 0 Å². The molecule has 0 aliphatic carbocycles. The van der Waals surface area contributed by atoms with Gasteiger partial charge < -0.3 is 10.0 Å². The van der Waals surface area contributed by atoms with Gasteiger partial charge in [-0.2, -0.15) is 0 Å². The number of hydrogen-bond acceptors (Lipinski definition) is 6. The van der Waals surface area contributed by atoms with E-state index in [0.717, 1.165) is 31.6 Å². The lowest BCUT2D eigenvalue weighted by molar-refractivity contribution is 0.0698. The number of carbonyl (C=O) groups is 1. The van der Waals surface area contributed by atoms with Crippen LogP contribution in [0.15, 0.2) is 34.6 Å². The number of azo groups is 1. The molecule has 0 spiro atoms. The zero-order valence-electron chi connectivity index (χ0n) is 13.6. The van der Waals surface area contributed by atoms with E-state index in [4.69, 9.17) is 11.6 Å². The van der Waals surface area contributed by atoms with Gasteiger partial charge in [0.05, 0.1) is 11.8 Å². The second-order valence-corrected chi connectivity index (χ2v) is 6.78. The molecule has 0 atom stereocenters. The minimum atomic E-state index is -1.03. The highest BCUT2D eigenvalue weighted by atomic mass is 35.5. The second kappa shape index (κ2) is 8.75. The Kier molecular flexibility index (Phi) is 6.69. The Morgan fingerprint density at radius 1 is 1.29 bits per heavy atom. The van der Waals surface area contributed by atoms with Crippen molar-refractivity contribution in [3.63, 3.8) is 0 Å². The number of benzene rings is 1. The summed E-state index contributed by atoms with van der Waals surface area (Å²) in [4.78, 5) is 17.7. The molecule has 1 aromatic heterocycles. The maximum Gasteiger partial charge on any atom is 0.338 e. The summed E-state index contributed by atoms with van der Waals surface area (Å²) >= 11 is 6.97. The van der Waals surface area contributed by atoms with Crippen LogP contribution in [-0.2, 0) is 0 Å². The van der Waals surface area contributed by atoms with Gasteiger partial charge in [0.25, 0.3) is 0 Å². The zero-order valence-corrected chi connectivity index (χ0v) is 15.1. The van der Waals surface area contributed by atoms with Crippen LogP contribution in [0.5, 0.6) is 0 Å². The van der Waals surface area contributed by atoms with Gasteiger partial charge in [0.1, 0.15) is 10.0 Å². The number of nitrogens with zero attached hydrogens (tertiary/aromatic N) is 4. The number of rotatable bonds is 8. The van der Waals surface area contributed by atoms with Crippen LogP contribution >= 0.6 is 22.9 Å². The molecule has 0 aliphatic heterocycles. The predicted octanol–water partition coefficient (Wildman–Crippen LogP) is 5.54. The number of aromatic carboxylic acids is 1. The molecule has 1 N–H and O–H groups in total. The van der Waals surface area contributed by atoms with Gasteiger partial charge in [0.15, 0.2) is 0 Å². The Morgan fingerprint density at radius 2 is 2.00 bits per heavy atom. The molecule has 6 nitrogen and oxygen atoms in total. The topological polar surface area (TPSA) is 78.2 Å². The van der Waals surface area contributed by atoms with Gasteiger partial charge in [0.2, 0.25) is 5.13 Å². The highest BCUT2D eigenvalue weighted by molar-refractivity contribution is 7.19. The number of carboxylic acid groups (broad SMARTS) is 1. The van der Waals surface area contributed by atoms with Crippen molar-refractivity contribution in [3.8, 4) is 0 Å². The van der Waals surface area contributed by atoms with E-state index < -0.39 is 5.97 Å². The lowest BCUT2D eigenvalue weighted by atomic mass is 10.1. The van der Waals surface area contributed by atoms with E-state index in [1.54, 1.807) is 12.1 Å². The number of halogens is 1. The highest BCUT2D eigenvalue weighted by Crippen LogP contribution is 2.30. The Labute approximate surface area is 149 Å². The van der Waals surface area contributed by atoms with Gasteiger partial charge in [-0.05, 0) is 31.0 Å². The molecule has 1 heterocycles. The van der Waals surface area contributed by atoms with Crippen molar-refractivity contribution >= 4 is 45.4 Å². The van der Waals surface area contributed by atoms with Gasteiger partial charge in [-0.25, -0.2) is 9.78 Å². The first-order valence-electron chi connectivity index (χ1n) is 7.70. The third-order valence-electron chi connectivity index (χ3n) is 3.27. The number of thiazole rings is 1. The van der Waals surface area contributed by atoms with Gasteiger partial charge in [0, 0.05) is 18.8 Å². The van der Waals surface area contributed by atoms with E-state index in [2.05, 4.69) is 34.0 Å². The molecule has 24 heavy (non-hydrogen) atoms. The quantitative estimate of drug-likeness (QED) is 0.622. The van der Waals surface area contributed by atoms with Crippen LogP contribution in [-0.4, -0.2) is 29.1 Å². The molecule has 0 bridgehead atoms. The molecule has 0 radical (unpaired) electrons. The maximum absolute atomic E-state index is 11.6. The van der Waals surface area contributed by atoms with E-state index in [-0.39, 0.29) is 5.56 Å². The first kappa shape index (κ1) is 18.4. The van der Waals surface area contributed by atoms with Crippen LogP contribution in [0.1, 0.15) is 37.0 Å². The Hall–Kier alpha value is -1.99. The van der Waals surface area contributed by atoms with Gasteiger partial charge in [-0.1, -0.05) is 36.8 Å². The molecule has 2 rings (SSSR count). The van der Waals surface area contributed by atoms with E-state index >= 15 is 0 Å². The fourth-order valence-electron chi connectivity index (χ4n) is 2.28. The molecule has 0 saturated carbocycles. The molecule has 128 valence electrons. The molecule has 2 aromatic rings. The minimum absolute atomic E-state index is 0.121. The molecular formula is C16H19ClN4O2S. The van der Waals surface area contributed by atoms with E-state index in [1.165, 1.54) is 17.5 Å². The molecular weight excluding hydrogens is 348 g/mol. The van der Waals surface area contributed by atoms with Crippen molar-refractivity contribution in [2.45, 2.75) is 26.7 Å². The number of aromatic nitrogens is 1. The molecule has 0 aliphatic rings. The molecule has 0 fully saturated rings. The average molecular weight is 367 g/mol. The van der Waals surface area contributed by atoms with Crippen LogP contribution in [0.25, 0.3) is 0 Å². The fourth-order valence-corrected chi connectivity index (χ4v) is 3.00. The van der Waals surface area contributed by atoms with Crippen molar-refractivity contribution in [1.29, 1.82) is 0 Å². The summed E-state index contributed by atoms with van der Waals surface area (Å²) in [6, 6.07) is 5.20. The Balaban J connectivity index is 2.32. The smallest absolute Gasteiger partial charge is 0.338 e. The van der Waals surface area contributed by atoms with Crippen LogP contribution in [0.2, 0.25) is 4.34 Å². The summed E-state index contributed by atoms with van der Waals surface area (Å²) in [5, 5.41) is 17.8. The standard InChI is InChI=1S/C16H19ClN4O2S/c1-3-7-21(8-4-2)11-5-6-13(12(9-11)15(22)23)19-20-16-18-10-14(17)24-16/h5-6,9-10H,3-4,7-8H2,1-2H3,(H,22,23). The van der Waals surface area contributed by atoms with Crippen molar-refractivity contribution in [3.05, 3.63) is 34.3 Å². The van der Waals surface area contributed by atoms with Crippen molar-refractivity contribution in [1.82, 2.24) is 4.98 Å². The largest absolute Gasteiger partial charge is 0.478 e. The number of hydrogen-bond donors (Lipinski definition) is 1. The van der Waals surface area contributed by atoms with Crippen LogP contribution < -0.4 is 4.90 Å². The third-order valence-corrected chi connectivity index (χ3v) is 4.27. The number of anilines is 1. The first-order valence-corrected chi connectivity index (χ1v) is 8.90. The lowest BCUT2D eigenvalue weighted by Gasteiger charge is -2.24. The van der Waals surface area contributed by atoms with E-state index in [0.29, 0.717) is 15.2 Å².